The Morgan fingerprint density at radius 2 is 1.92 bits per heavy atom. The first-order chi connectivity index (χ1) is 17.9. The van der Waals surface area contributed by atoms with E-state index < -0.39 is 18.1 Å². The SMILES string of the molecule is C=CC[C@@H](C=O)NC(=O)[C@@H](NC(=O)[C@@H]1CCCN1C(=O)CCCOc1cccc(Br)c1)C1CCCCC1. The topological polar surface area (TPSA) is 105 Å². The van der Waals surface area contributed by atoms with Crippen LogP contribution in [0.25, 0.3) is 0 Å². The summed E-state index contributed by atoms with van der Waals surface area (Å²) in [4.78, 5) is 52.5. The molecule has 37 heavy (non-hydrogen) atoms. The first kappa shape index (κ1) is 28.9. The molecule has 3 rings (SSSR count). The quantitative estimate of drug-likeness (QED) is 0.211. The summed E-state index contributed by atoms with van der Waals surface area (Å²) in [6, 6.07) is 5.55. The highest BCUT2D eigenvalue weighted by molar-refractivity contribution is 9.10. The largest absolute Gasteiger partial charge is 0.494 e. The fourth-order valence-corrected chi connectivity index (χ4v) is 5.54. The van der Waals surface area contributed by atoms with Gasteiger partial charge in [0, 0.05) is 17.4 Å². The number of rotatable bonds is 13. The molecule has 0 spiro atoms. The molecule has 0 aromatic heterocycles. The Kier molecular flexibility index (Phi) is 11.6. The predicted molar refractivity (Wildman–Crippen MR) is 145 cm³/mol. The standard InChI is InChI=1S/C28H38BrN3O5/c1-2-9-22(19-33)30-28(36)26(20-10-4-3-5-11-20)31-27(35)24-14-7-16-32(24)25(34)15-8-17-37-23-13-6-12-21(29)18-23/h2,6,12-13,18-20,22,24,26H,1,3-5,7-11,14-17H2,(H,30,36)(H,31,35)/t22-,24-,26-/m0/s1. The van der Waals surface area contributed by atoms with Gasteiger partial charge in [0.2, 0.25) is 17.7 Å². The van der Waals surface area contributed by atoms with Crippen molar-refractivity contribution in [1.82, 2.24) is 15.5 Å². The molecule has 3 atom stereocenters. The molecule has 0 bridgehead atoms. The fourth-order valence-electron chi connectivity index (χ4n) is 5.17. The summed E-state index contributed by atoms with van der Waals surface area (Å²) < 4.78 is 6.65. The Bertz CT molecular complexity index is 950. The molecule has 1 saturated heterocycles. The van der Waals surface area contributed by atoms with Crippen LogP contribution in [0.2, 0.25) is 0 Å². The second-order valence-electron chi connectivity index (χ2n) is 9.81. The molecule has 202 valence electrons. The Labute approximate surface area is 227 Å². The van der Waals surface area contributed by atoms with Gasteiger partial charge in [0.1, 0.15) is 24.1 Å². The molecular weight excluding hydrogens is 538 g/mol. The average Bonchev–Trinajstić information content (AvgIpc) is 3.40. The first-order valence-corrected chi connectivity index (χ1v) is 14.1. The lowest BCUT2D eigenvalue weighted by atomic mass is 9.83. The number of hydrogen-bond acceptors (Lipinski definition) is 5. The van der Waals surface area contributed by atoms with Crippen LogP contribution in [0.3, 0.4) is 0 Å². The molecule has 0 radical (unpaired) electrons. The van der Waals surface area contributed by atoms with Crippen molar-refractivity contribution in [2.24, 2.45) is 5.92 Å². The van der Waals surface area contributed by atoms with Crippen LogP contribution in [-0.2, 0) is 19.2 Å². The second kappa shape index (κ2) is 14.9. The second-order valence-corrected chi connectivity index (χ2v) is 10.7. The number of aldehydes is 1. The van der Waals surface area contributed by atoms with Gasteiger partial charge in [-0.25, -0.2) is 0 Å². The number of likely N-dealkylation sites (tertiary alicyclic amines) is 1. The smallest absolute Gasteiger partial charge is 0.243 e. The van der Waals surface area contributed by atoms with E-state index in [1.165, 1.54) is 0 Å². The number of nitrogens with zero attached hydrogens (tertiary/aromatic N) is 1. The van der Waals surface area contributed by atoms with E-state index in [2.05, 4.69) is 33.1 Å². The molecule has 2 aliphatic rings. The van der Waals surface area contributed by atoms with Gasteiger partial charge in [0.05, 0.1) is 12.6 Å². The van der Waals surface area contributed by atoms with Crippen LogP contribution >= 0.6 is 15.9 Å². The van der Waals surface area contributed by atoms with Crippen molar-refractivity contribution < 1.29 is 23.9 Å². The zero-order valence-electron chi connectivity index (χ0n) is 21.3. The van der Waals surface area contributed by atoms with Crippen molar-refractivity contribution in [2.75, 3.05) is 13.2 Å². The van der Waals surface area contributed by atoms with Crippen molar-refractivity contribution in [3.8, 4) is 5.75 Å². The van der Waals surface area contributed by atoms with E-state index in [1.54, 1.807) is 11.0 Å². The van der Waals surface area contributed by atoms with E-state index in [1.807, 2.05) is 24.3 Å². The van der Waals surface area contributed by atoms with E-state index in [4.69, 9.17) is 4.74 Å². The van der Waals surface area contributed by atoms with Gasteiger partial charge in [0.25, 0.3) is 0 Å². The molecule has 8 nitrogen and oxygen atoms in total. The Morgan fingerprint density at radius 3 is 2.62 bits per heavy atom. The van der Waals surface area contributed by atoms with Crippen LogP contribution in [0.5, 0.6) is 5.75 Å². The summed E-state index contributed by atoms with van der Waals surface area (Å²) in [7, 11) is 0. The number of ether oxygens (including phenoxy) is 1. The number of benzene rings is 1. The number of hydrogen-bond donors (Lipinski definition) is 2. The molecule has 1 aromatic carbocycles. The van der Waals surface area contributed by atoms with Crippen LogP contribution in [-0.4, -0.2) is 60.2 Å². The lowest BCUT2D eigenvalue weighted by molar-refractivity contribution is -0.140. The third kappa shape index (κ3) is 8.69. The third-order valence-corrected chi connectivity index (χ3v) is 7.58. The molecule has 1 saturated carbocycles. The third-order valence-electron chi connectivity index (χ3n) is 7.09. The summed E-state index contributed by atoms with van der Waals surface area (Å²) in [5.41, 5.74) is 0. The van der Waals surface area contributed by atoms with E-state index in [0.29, 0.717) is 38.7 Å². The highest BCUT2D eigenvalue weighted by atomic mass is 79.9. The summed E-state index contributed by atoms with van der Waals surface area (Å²) in [6.07, 6.45) is 9.55. The predicted octanol–water partition coefficient (Wildman–Crippen LogP) is 3.92. The van der Waals surface area contributed by atoms with Gasteiger partial charge in [-0.3, -0.25) is 14.4 Å². The molecule has 1 aromatic rings. The molecule has 2 fully saturated rings. The van der Waals surface area contributed by atoms with E-state index in [-0.39, 0.29) is 30.1 Å². The van der Waals surface area contributed by atoms with Gasteiger partial charge >= 0.3 is 0 Å². The van der Waals surface area contributed by atoms with Crippen molar-refractivity contribution in [2.45, 2.75) is 82.3 Å². The molecule has 1 aliphatic heterocycles. The molecule has 9 heteroatoms. The van der Waals surface area contributed by atoms with Crippen LogP contribution in [0.1, 0.15) is 64.2 Å². The van der Waals surface area contributed by atoms with Gasteiger partial charge in [-0.2, -0.15) is 0 Å². The van der Waals surface area contributed by atoms with Crippen molar-refractivity contribution in [3.05, 3.63) is 41.4 Å². The normalized spacial score (nSPS) is 19.5. The van der Waals surface area contributed by atoms with E-state index in [0.717, 1.165) is 48.7 Å². The maximum atomic E-state index is 13.3. The molecule has 1 heterocycles. The Hall–Kier alpha value is -2.68. The van der Waals surface area contributed by atoms with Crippen LogP contribution in [0.15, 0.2) is 41.4 Å². The Morgan fingerprint density at radius 1 is 1.14 bits per heavy atom. The number of carbonyl (C=O) groups is 4. The first-order valence-electron chi connectivity index (χ1n) is 13.3. The lowest BCUT2D eigenvalue weighted by Gasteiger charge is -2.32. The zero-order valence-corrected chi connectivity index (χ0v) is 22.9. The van der Waals surface area contributed by atoms with Gasteiger partial charge in [-0.05, 0) is 62.6 Å². The highest BCUT2D eigenvalue weighted by Gasteiger charge is 2.38. The zero-order chi connectivity index (χ0) is 26.6. The monoisotopic (exact) mass is 575 g/mol. The summed E-state index contributed by atoms with van der Waals surface area (Å²) in [6.45, 7) is 4.56. The molecule has 1 aliphatic carbocycles. The number of amides is 3. The van der Waals surface area contributed by atoms with Gasteiger partial charge in [-0.15, -0.1) is 6.58 Å². The summed E-state index contributed by atoms with van der Waals surface area (Å²) in [5.74, 6) is 0.0147. The van der Waals surface area contributed by atoms with Crippen molar-refractivity contribution in [1.29, 1.82) is 0 Å². The van der Waals surface area contributed by atoms with Crippen LogP contribution in [0.4, 0.5) is 0 Å². The van der Waals surface area contributed by atoms with Crippen LogP contribution in [0, 0.1) is 5.92 Å². The number of halogens is 1. The minimum Gasteiger partial charge on any atom is -0.494 e. The average molecular weight is 577 g/mol. The van der Waals surface area contributed by atoms with E-state index in [9.17, 15) is 19.2 Å². The fraction of sp³-hybridized carbons (Fsp3) is 0.571. The lowest BCUT2D eigenvalue weighted by Crippen LogP contribution is -2.57. The van der Waals surface area contributed by atoms with Gasteiger partial charge in [-0.1, -0.05) is 47.3 Å². The van der Waals surface area contributed by atoms with Gasteiger partial charge in [0.15, 0.2) is 0 Å². The maximum absolute atomic E-state index is 13.3. The van der Waals surface area contributed by atoms with Crippen LogP contribution < -0.4 is 15.4 Å². The van der Waals surface area contributed by atoms with Gasteiger partial charge < -0.3 is 25.1 Å². The molecule has 3 amide bonds. The summed E-state index contributed by atoms with van der Waals surface area (Å²) >= 11 is 3.41. The summed E-state index contributed by atoms with van der Waals surface area (Å²) in [5, 5.41) is 5.72. The molecule has 2 N–H and O–H groups in total. The van der Waals surface area contributed by atoms with E-state index >= 15 is 0 Å². The Balaban J connectivity index is 1.57. The minimum atomic E-state index is -0.726. The highest BCUT2D eigenvalue weighted by Crippen LogP contribution is 2.28. The maximum Gasteiger partial charge on any atom is 0.243 e. The van der Waals surface area contributed by atoms with Crippen molar-refractivity contribution >= 4 is 39.9 Å². The minimum absolute atomic E-state index is 0.00876. The van der Waals surface area contributed by atoms with Crippen molar-refractivity contribution in [3.63, 3.8) is 0 Å². The number of nitrogens with one attached hydrogen (secondary N) is 2. The molecular formula is C28H38BrN3O5. The number of carbonyl (C=O) groups excluding carboxylic acids is 4. The molecule has 0 unspecified atom stereocenters.